The summed E-state index contributed by atoms with van der Waals surface area (Å²) >= 11 is 0. The Morgan fingerprint density at radius 1 is 1.14 bits per heavy atom. The topological polar surface area (TPSA) is 40.6 Å². The fourth-order valence-corrected chi connectivity index (χ4v) is 3.77. The van der Waals surface area contributed by atoms with Crippen LogP contribution in [0, 0.1) is 5.82 Å². The minimum absolute atomic E-state index is 0.163. The number of nitrogens with zero attached hydrogens (tertiary/aromatic N) is 2. The molecule has 0 bridgehead atoms. The molecule has 0 spiro atoms. The van der Waals surface area contributed by atoms with Crippen LogP contribution >= 0.6 is 0 Å². The van der Waals surface area contributed by atoms with Crippen LogP contribution < -0.4 is 9.21 Å². The van der Waals surface area contributed by atoms with Crippen molar-refractivity contribution in [2.45, 2.75) is 46.2 Å². The van der Waals surface area contributed by atoms with Crippen molar-refractivity contribution in [1.82, 2.24) is 0 Å². The smallest absolute Gasteiger partial charge is 0.232 e. The summed E-state index contributed by atoms with van der Waals surface area (Å²) in [4.78, 5) is 1.93. The molecule has 0 amide bonds. The van der Waals surface area contributed by atoms with Crippen molar-refractivity contribution in [3.8, 4) is 0 Å². The summed E-state index contributed by atoms with van der Waals surface area (Å²) in [7, 11) is -1.67. The third kappa shape index (κ3) is 4.09. The van der Waals surface area contributed by atoms with Gasteiger partial charge in [0.15, 0.2) is 0 Å². The molecule has 0 aromatic heterocycles. The summed E-state index contributed by atoms with van der Waals surface area (Å²) in [5, 5.41) is 0. The maximum absolute atomic E-state index is 13.7. The van der Waals surface area contributed by atoms with Crippen LogP contribution in [-0.2, 0) is 10.0 Å². The van der Waals surface area contributed by atoms with Gasteiger partial charge in [-0.3, -0.25) is 4.31 Å². The Hall–Kier alpha value is -1.30. The van der Waals surface area contributed by atoms with Gasteiger partial charge in [0.1, 0.15) is 5.82 Å². The summed E-state index contributed by atoms with van der Waals surface area (Å²) in [6.07, 6.45) is 1.14. The molecule has 0 N–H and O–H groups in total. The van der Waals surface area contributed by atoms with Gasteiger partial charge in [-0.25, -0.2) is 12.8 Å². The quantitative estimate of drug-likeness (QED) is 0.856. The zero-order chi connectivity index (χ0) is 16.6. The van der Waals surface area contributed by atoms with Gasteiger partial charge in [-0.15, -0.1) is 0 Å². The van der Waals surface area contributed by atoms with E-state index >= 15 is 0 Å². The average molecular weight is 316 g/mol. The van der Waals surface area contributed by atoms with Gasteiger partial charge in [0.2, 0.25) is 10.0 Å². The van der Waals surface area contributed by atoms with E-state index in [9.17, 15) is 12.8 Å². The minimum atomic E-state index is -3.53. The molecule has 0 aliphatic heterocycles. The van der Waals surface area contributed by atoms with Crippen LogP contribution in [0.15, 0.2) is 18.2 Å². The van der Waals surface area contributed by atoms with E-state index in [1.54, 1.807) is 26.8 Å². The molecule has 0 saturated heterocycles. The molecule has 0 radical (unpaired) electrons. The second-order valence-electron chi connectivity index (χ2n) is 6.54. The summed E-state index contributed by atoms with van der Waals surface area (Å²) in [6, 6.07) is 4.41. The molecular weight excluding hydrogens is 291 g/mol. The summed E-state index contributed by atoms with van der Waals surface area (Å²) in [5.74, 6) is -0.455. The Bertz CT molecular complexity index is 607. The molecule has 6 heteroatoms. The standard InChI is InChI=1S/C15H25FN2O2S/c1-11(2)17(6)13-9-8-12(16)10-14(13)18(15(3,4)5)21(7,19)20/h8-11H,1-7H3. The Morgan fingerprint density at radius 3 is 2.05 bits per heavy atom. The largest absolute Gasteiger partial charge is 0.370 e. The normalized spacial score (nSPS) is 12.6. The van der Waals surface area contributed by atoms with Crippen LogP contribution in [0.5, 0.6) is 0 Å². The predicted octanol–water partition coefficient (Wildman–Crippen LogP) is 3.23. The summed E-state index contributed by atoms with van der Waals surface area (Å²) in [5.41, 5.74) is 0.362. The highest BCUT2D eigenvalue weighted by atomic mass is 32.2. The maximum atomic E-state index is 13.7. The fourth-order valence-electron chi connectivity index (χ4n) is 2.27. The van der Waals surface area contributed by atoms with E-state index in [-0.39, 0.29) is 6.04 Å². The van der Waals surface area contributed by atoms with Crippen molar-refractivity contribution in [2.24, 2.45) is 0 Å². The van der Waals surface area contributed by atoms with Gasteiger partial charge in [-0.1, -0.05) is 0 Å². The molecular formula is C15H25FN2O2S. The number of halogens is 1. The van der Waals surface area contributed by atoms with Crippen molar-refractivity contribution in [2.75, 3.05) is 22.5 Å². The third-order valence-electron chi connectivity index (χ3n) is 3.25. The van der Waals surface area contributed by atoms with E-state index in [1.165, 1.54) is 16.4 Å². The summed E-state index contributed by atoms with van der Waals surface area (Å²) < 4.78 is 39.4. The third-order valence-corrected chi connectivity index (χ3v) is 4.66. The van der Waals surface area contributed by atoms with E-state index in [0.717, 1.165) is 6.26 Å². The molecule has 1 rings (SSSR count). The lowest BCUT2D eigenvalue weighted by molar-refractivity contribution is 0.538. The van der Waals surface area contributed by atoms with Crippen LogP contribution in [-0.4, -0.2) is 33.3 Å². The Kier molecular flexibility index (Phi) is 4.93. The Labute approximate surface area is 127 Å². The zero-order valence-corrected chi connectivity index (χ0v) is 14.6. The van der Waals surface area contributed by atoms with Gasteiger partial charge in [-0.05, 0) is 46.8 Å². The zero-order valence-electron chi connectivity index (χ0n) is 13.8. The van der Waals surface area contributed by atoms with E-state index in [2.05, 4.69) is 0 Å². The number of hydrogen-bond acceptors (Lipinski definition) is 3. The lowest BCUT2D eigenvalue weighted by Crippen LogP contribution is -2.46. The van der Waals surface area contributed by atoms with Crippen molar-refractivity contribution >= 4 is 21.4 Å². The molecule has 120 valence electrons. The van der Waals surface area contributed by atoms with Crippen molar-refractivity contribution in [1.29, 1.82) is 0 Å². The van der Waals surface area contributed by atoms with Crippen LogP contribution in [0.3, 0.4) is 0 Å². The predicted molar refractivity (Wildman–Crippen MR) is 87.0 cm³/mol. The molecule has 0 fully saturated rings. The van der Waals surface area contributed by atoms with Crippen LogP contribution in [0.1, 0.15) is 34.6 Å². The Balaban J connectivity index is 3.62. The molecule has 0 heterocycles. The van der Waals surface area contributed by atoms with Gasteiger partial charge in [0, 0.05) is 24.7 Å². The first-order chi connectivity index (χ1) is 9.35. The molecule has 4 nitrogen and oxygen atoms in total. The number of sulfonamides is 1. The van der Waals surface area contributed by atoms with Crippen LogP contribution in [0.4, 0.5) is 15.8 Å². The molecule has 0 atom stereocenters. The lowest BCUT2D eigenvalue weighted by atomic mass is 10.1. The Morgan fingerprint density at radius 2 is 1.67 bits per heavy atom. The van der Waals surface area contributed by atoms with E-state index < -0.39 is 21.4 Å². The minimum Gasteiger partial charge on any atom is -0.370 e. The molecule has 1 aromatic carbocycles. The van der Waals surface area contributed by atoms with E-state index in [0.29, 0.717) is 11.4 Å². The highest BCUT2D eigenvalue weighted by Gasteiger charge is 2.32. The number of benzene rings is 1. The van der Waals surface area contributed by atoms with E-state index in [4.69, 9.17) is 0 Å². The van der Waals surface area contributed by atoms with Crippen LogP contribution in [0.2, 0.25) is 0 Å². The molecule has 0 saturated carbocycles. The highest BCUT2D eigenvalue weighted by Crippen LogP contribution is 2.36. The van der Waals surface area contributed by atoms with Gasteiger partial charge >= 0.3 is 0 Å². The van der Waals surface area contributed by atoms with Crippen molar-refractivity contribution in [3.05, 3.63) is 24.0 Å². The molecule has 21 heavy (non-hydrogen) atoms. The second-order valence-corrected chi connectivity index (χ2v) is 8.37. The number of anilines is 2. The van der Waals surface area contributed by atoms with Gasteiger partial charge in [0.25, 0.3) is 0 Å². The molecule has 0 aliphatic carbocycles. The first-order valence-corrected chi connectivity index (χ1v) is 8.73. The van der Waals surface area contributed by atoms with Gasteiger partial charge < -0.3 is 4.90 Å². The van der Waals surface area contributed by atoms with Crippen molar-refractivity contribution in [3.63, 3.8) is 0 Å². The molecule has 0 aliphatic rings. The van der Waals surface area contributed by atoms with Gasteiger partial charge in [-0.2, -0.15) is 0 Å². The number of hydrogen-bond donors (Lipinski definition) is 0. The SMILES string of the molecule is CC(C)N(C)c1ccc(F)cc1N(C(C)(C)C)S(C)(=O)=O. The fraction of sp³-hybridized carbons (Fsp3) is 0.600. The highest BCUT2D eigenvalue weighted by molar-refractivity contribution is 7.92. The maximum Gasteiger partial charge on any atom is 0.232 e. The monoisotopic (exact) mass is 316 g/mol. The average Bonchev–Trinajstić information content (AvgIpc) is 2.24. The van der Waals surface area contributed by atoms with Gasteiger partial charge in [0.05, 0.1) is 17.6 Å². The first kappa shape index (κ1) is 17.8. The molecule has 0 unspecified atom stereocenters. The second kappa shape index (κ2) is 5.83. The molecule has 1 aromatic rings. The first-order valence-electron chi connectivity index (χ1n) is 6.88. The lowest BCUT2D eigenvalue weighted by Gasteiger charge is -2.38. The summed E-state index contributed by atoms with van der Waals surface area (Å²) in [6.45, 7) is 9.36. The van der Waals surface area contributed by atoms with Crippen LogP contribution in [0.25, 0.3) is 0 Å². The van der Waals surface area contributed by atoms with E-state index in [1.807, 2.05) is 25.8 Å². The number of rotatable bonds is 4. The van der Waals surface area contributed by atoms with Crippen molar-refractivity contribution < 1.29 is 12.8 Å².